The van der Waals surface area contributed by atoms with Crippen molar-refractivity contribution < 1.29 is 9.59 Å². The average Bonchev–Trinajstić information content (AvgIpc) is 3.99. The van der Waals surface area contributed by atoms with Crippen LogP contribution in [0.4, 0.5) is 0 Å². The molecule has 288 valence electrons. The number of benzene rings is 1. The zero-order valence-corrected chi connectivity index (χ0v) is 34.4. The van der Waals surface area contributed by atoms with Crippen LogP contribution in [0, 0.1) is 0 Å². The standard InChI is InChI=1S/C44H50N4O4S3/c1-3-5-7-9-11-13-21-45-37(49)19-15-27-23-32-35(53-27)25-31-29-17-18-30-40-39(29)42(44(52)47(31)32)55-41(40)34-26-36-33(48(34)43(30)51)24-28(54-36)16-20-38(50)46-22-14-12-10-8-6-4-2/h17-18,23-26H,3-16,19-22H2,1-2H3,(H,45,49)(H,46,50). The maximum absolute atomic E-state index is 14.4. The number of fused-ring (bicyclic) bond motifs is 8. The molecule has 0 aliphatic heterocycles. The van der Waals surface area contributed by atoms with Crippen LogP contribution in [0.25, 0.3) is 62.4 Å². The second-order valence-electron chi connectivity index (χ2n) is 15.2. The van der Waals surface area contributed by atoms with Crippen molar-refractivity contribution >= 4 is 108 Å². The van der Waals surface area contributed by atoms with Gasteiger partial charge in [0, 0.05) is 57.2 Å². The lowest BCUT2D eigenvalue weighted by atomic mass is 10.0. The summed E-state index contributed by atoms with van der Waals surface area (Å²) >= 11 is 4.76. The molecular weight excluding hydrogens is 745 g/mol. The molecule has 2 N–H and O–H groups in total. The predicted molar refractivity (Wildman–Crippen MR) is 234 cm³/mol. The molecule has 0 spiro atoms. The summed E-state index contributed by atoms with van der Waals surface area (Å²) in [5.41, 5.74) is 3.28. The number of rotatable bonds is 20. The van der Waals surface area contributed by atoms with Crippen molar-refractivity contribution in [3.63, 3.8) is 0 Å². The van der Waals surface area contributed by atoms with Gasteiger partial charge < -0.3 is 10.6 Å². The van der Waals surface area contributed by atoms with Gasteiger partial charge in [0.15, 0.2) is 0 Å². The first kappa shape index (κ1) is 37.8. The van der Waals surface area contributed by atoms with E-state index < -0.39 is 0 Å². The fourth-order valence-electron chi connectivity index (χ4n) is 8.28. The monoisotopic (exact) mass is 794 g/mol. The number of aromatic nitrogens is 2. The lowest BCUT2D eigenvalue weighted by molar-refractivity contribution is -0.121. The Morgan fingerprint density at radius 2 is 1.04 bits per heavy atom. The molecule has 8 rings (SSSR count). The van der Waals surface area contributed by atoms with E-state index in [1.807, 2.05) is 16.5 Å². The first-order chi connectivity index (χ1) is 26.9. The third-order valence-electron chi connectivity index (χ3n) is 11.2. The Morgan fingerprint density at radius 3 is 1.62 bits per heavy atom. The van der Waals surface area contributed by atoms with Gasteiger partial charge in [0.1, 0.15) is 4.70 Å². The van der Waals surface area contributed by atoms with Crippen LogP contribution in [0.1, 0.15) is 113 Å². The van der Waals surface area contributed by atoms with Crippen molar-refractivity contribution in [2.75, 3.05) is 13.1 Å². The van der Waals surface area contributed by atoms with Gasteiger partial charge in [0.25, 0.3) is 11.1 Å². The highest BCUT2D eigenvalue weighted by molar-refractivity contribution is 7.27. The van der Waals surface area contributed by atoms with Crippen molar-refractivity contribution in [1.29, 1.82) is 0 Å². The molecule has 0 atom stereocenters. The van der Waals surface area contributed by atoms with Gasteiger partial charge in [-0.2, -0.15) is 0 Å². The molecule has 0 bridgehead atoms. The summed E-state index contributed by atoms with van der Waals surface area (Å²) in [5.74, 6) is 0.150. The molecule has 7 aromatic heterocycles. The average molecular weight is 795 g/mol. The van der Waals surface area contributed by atoms with Gasteiger partial charge >= 0.3 is 0 Å². The lowest BCUT2D eigenvalue weighted by Crippen LogP contribution is -2.24. The summed E-state index contributed by atoms with van der Waals surface area (Å²) in [5, 5.41) is 9.50. The minimum atomic E-state index is -0.0792. The number of hydrogen-bond acceptors (Lipinski definition) is 7. The van der Waals surface area contributed by atoms with Gasteiger partial charge in [-0.25, -0.2) is 0 Å². The van der Waals surface area contributed by atoms with E-state index in [2.05, 4.69) is 48.7 Å². The minimum Gasteiger partial charge on any atom is -0.356 e. The smallest absolute Gasteiger partial charge is 0.273 e. The molecule has 0 fully saturated rings. The number of pyridine rings is 2. The molecule has 2 amide bonds. The van der Waals surface area contributed by atoms with Crippen LogP contribution in [0.2, 0.25) is 0 Å². The van der Waals surface area contributed by atoms with E-state index in [-0.39, 0.29) is 22.9 Å². The first-order valence-electron chi connectivity index (χ1n) is 20.4. The predicted octanol–water partition coefficient (Wildman–Crippen LogP) is 10.6. The maximum atomic E-state index is 14.4. The summed E-state index contributed by atoms with van der Waals surface area (Å²) in [6, 6.07) is 12.2. The molecular formula is C44H50N4O4S3. The van der Waals surface area contributed by atoms with Crippen LogP contribution >= 0.6 is 34.0 Å². The number of hydrogen-bond donors (Lipinski definition) is 2. The first-order valence-corrected chi connectivity index (χ1v) is 22.8. The van der Waals surface area contributed by atoms with Crippen molar-refractivity contribution in [2.45, 2.75) is 117 Å². The van der Waals surface area contributed by atoms with Gasteiger partial charge in [-0.05, 0) is 56.0 Å². The second-order valence-corrected chi connectivity index (χ2v) is 18.5. The molecule has 7 heterocycles. The van der Waals surface area contributed by atoms with E-state index in [0.29, 0.717) is 35.8 Å². The Labute approximate surface area is 332 Å². The number of thiophene rings is 3. The van der Waals surface area contributed by atoms with Crippen LogP contribution in [-0.4, -0.2) is 33.7 Å². The quantitative estimate of drug-likeness (QED) is 0.0593. The van der Waals surface area contributed by atoms with Crippen LogP contribution < -0.4 is 21.8 Å². The highest BCUT2D eigenvalue weighted by Crippen LogP contribution is 2.44. The summed E-state index contributed by atoms with van der Waals surface area (Å²) < 4.78 is 7.29. The SMILES string of the molecule is CCCCCCCCNC(=O)CCc1cc2c(cc3c4ccc5c(=O)n6c7cc(CCC(=O)NCCCCCCCC)sc7cc6c6sc(c(=O)n23)c4c56)s1. The summed E-state index contributed by atoms with van der Waals surface area (Å²) in [6.07, 6.45) is 16.5. The zero-order chi connectivity index (χ0) is 38.1. The van der Waals surface area contributed by atoms with Gasteiger partial charge in [-0.15, -0.1) is 34.0 Å². The normalized spacial score (nSPS) is 12.3. The number of amides is 2. The van der Waals surface area contributed by atoms with Crippen molar-refractivity contribution in [3.05, 3.63) is 66.9 Å². The minimum absolute atomic E-state index is 0.0664. The molecule has 0 radical (unpaired) electrons. The molecule has 1 aromatic carbocycles. The van der Waals surface area contributed by atoms with Crippen LogP contribution in [0.5, 0.6) is 0 Å². The van der Waals surface area contributed by atoms with Crippen molar-refractivity contribution in [1.82, 2.24) is 19.4 Å². The molecule has 0 aliphatic carbocycles. The van der Waals surface area contributed by atoms with Gasteiger partial charge in [-0.1, -0.05) is 84.1 Å². The van der Waals surface area contributed by atoms with Crippen LogP contribution in [-0.2, 0) is 22.4 Å². The molecule has 8 aromatic rings. The molecule has 8 nitrogen and oxygen atoms in total. The van der Waals surface area contributed by atoms with E-state index >= 15 is 0 Å². The molecule has 0 saturated carbocycles. The van der Waals surface area contributed by atoms with E-state index in [1.54, 1.807) is 27.1 Å². The maximum Gasteiger partial charge on any atom is 0.273 e. The number of carbonyl (C=O) groups is 2. The van der Waals surface area contributed by atoms with E-state index in [4.69, 9.17) is 0 Å². The number of carbonyl (C=O) groups excluding carboxylic acids is 2. The Kier molecular flexibility index (Phi) is 11.4. The largest absolute Gasteiger partial charge is 0.356 e. The van der Waals surface area contributed by atoms with Crippen LogP contribution in [0.15, 0.2) is 46.0 Å². The Bertz CT molecular complexity index is 2750. The molecule has 0 aliphatic rings. The van der Waals surface area contributed by atoms with Crippen molar-refractivity contribution in [3.8, 4) is 0 Å². The summed E-state index contributed by atoms with van der Waals surface area (Å²) in [4.78, 5) is 55.9. The Morgan fingerprint density at radius 1 is 0.545 bits per heavy atom. The fraction of sp³-hybridized carbons (Fsp3) is 0.455. The second kappa shape index (κ2) is 16.6. The van der Waals surface area contributed by atoms with E-state index in [9.17, 15) is 19.2 Å². The van der Waals surface area contributed by atoms with Gasteiger partial charge in [0.2, 0.25) is 11.8 Å². The molecule has 55 heavy (non-hydrogen) atoms. The number of nitrogens with zero attached hydrogens (tertiary/aromatic N) is 2. The number of aryl methyl sites for hydroxylation is 2. The van der Waals surface area contributed by atoms with E-state index in [1.165, 1.54) is 62.7 Å². The van der Waals surface area contributed by atoms with E-state index in [0.717, 1.165) is 101 Å². The third kappa shape index (κ3) is 7.35. The highest BCUT2D eigenvalue weighted by Gasteiger charge is 2.25. The topological polar surface area (TPSA) is 101 Å². The van der Waals surface area contributed by atoms with Crippen molar-refractivity contribution in [2.24, 2.45) is 0 Å². The third-order valence-corrected chi connectivity index (χ3v) is 14.6. The number of nitrogens with one attached hydrogen (secondary N) is 2. The number of unbranched alkanes of at least 4 members (excludes halogenated alkanes) is 10. The van der Waals surface area contributed by atoms with Gasteiger partial charge in [-0.3, -0.25) is 28.0 Å². The summed E-state index contributed by atoms with van der Waals surface area (Å²) in [7, 11) is 0. The molecule has 0 saturated heterocycles. The van der Waals surface area contributed by atoms with Crippen LogP contribution in [0.3, 0.4) is 0 Å². The Hall–Kier alpha value is -4.06. The van der Waals surface area contributed by atoms with Gasteiger partial charge in [0.05, 0.1) is 36.2 Å². The highest BCUT2D eigenvalue weighted by atomic mass is 32.1. The summed E-state index contributed by atoms with van der Waals surface area (Å²) in [6.45, 7) is 5.89. The Balaban J connectivity index is 1.02. The lowest BCUT2D eigenvalue weighted by Gasteiger charge is -2.06. The zero-order valence-electron chi connectivity index (χ0n) is 31.9. The molecule has 11 heteroatoms. The molecule has 0 unspecified atom stereocenters. The fourth-order valence-corrected chi connectivity index (χ4v) is 11.7.